The number of benzene rings is 4. The van der Waals surface area contributed by atoms with Crippen LogP contribution < -0.4 is 15.7 Å². The van der Waals surface area contributed by atoms with Gasteiger partial charge in [0.2, 0.25) is 0 Å². The van der Waals surface area contributed by atoms with Crippen molar-refractivity contribution in [1.82, 2.24) is 5.32 Å². The third kappa shape index (κ3) is 7.21. The number of hydrogen-bond acceptors (Lipinski definition) is 4. The van der Waals surface area contributed by atoms with E-state index in [1.807, 2.05) is 91.9 Å². The van der Waals surface area contributed by atoms with E-state index < -0.39 is 26.6 Å². The molecular weight excluding hydrogens is 526 g/mol. The molecule has 0 heterocycles. The number of ether oxygens (including phenoxy) is 1. The molecule has 41 heavy (non-hydrogen) atoms. The highest BCUT2D eigenvalue weighted by molar-refractivity contribution is 6.99. The van der Waals surface area contributed by atoms with Gasteiger partial charge < -0.3 is 19.6 Å². The lowest BCUT2D eigenvalue weighted by Crippen LogP contribution is -2.69. The first kappa shape index (κ1) is 30.4. The van der Waals surface area contributed by atoms with Crippen LogP contribution in [-0.4, -0.2) is 44.2 Å². The van der Waals surface area contributed by atoms with Gasteiger partial charge in [0.1, 0.15) is 6.10 Å². The number of rotatable bonds is 12. The second-order valence-electron chi connectivity index (χ2n) is 11.4. The third-order valence-corrected chi connectivity index (χ3v) is 12.6. The predicted octanol–water partition coefficient (Wildman–Crippen LogP) is 5.33. The topological polar surface area (TPSA) is 67.8 Å². The van der Waals surface area contributed by atoms with Crippen molar-refractivity contribution >= 4 is 24.6 Å². The van der Waals surface area contributed by atoms with Gasteiger partial charge >= 0.3 is 0 Å². The van der Waals surface area contributed by atoms with E-state index in [-0.39, 0.29) is 17.6 Å². The minimum atomic E-state index is -2.94. The maximum Gasteiger partial charge on any atom is 0.261 e. The van der Waals surface area contributed by atoms with Crippen LogP contribution in [0.2, 0.25) is 5.04 Å². The van der Waals surface area contributed by atoms with Crippen molar-refractivity contribution in [2.45, 2.75) is 57.6 Å². The molecule has 0 aliphatic heterocycles. The van der Waals surface area contributed by atoms with Crippen LogP contribution in [-0.2, 0) is 15.8 Å². The van der Waals surface area contributed by atoms with E-state index in [2.05, 4.69) is 50.4 Å². The number of amides is 1. The maximum absolute atomic E-state index is 13.5. The molecule has 6 heteroatoms. The van der Waals surface area contributed by atoms with Gasteiger partial charge in [-0.2, -0.15) is 0 Å². The molecule has 3 atom stereocenters. The molecule has 0 spiro atoms. The van der Waals surface area contributed by atoms with Crippen LogP contribution >= 0.6 is 0 Å². The second-order valence-corrected chi connectivity index (χ2v) is 15.6. The van der Waals surface area contributed by atoms with Crippen molar-refractivity contribution in [2.75, 3.05) is 6.61 Å². The molecule has 0 aromatic heterocycles. The normalized spacial score (nSPS) is 14.2. The average Bonchev–Trinajstić information content (AvgIpc) is 3.00. The second kappa shape index (κ2) is 13.9. The van der Waals surface area contributed by atoms with E-state index in [1.54, 1.807) is 12.1 Å². The number of nitrogens with one attached hydrogen (secondary N) is 1. The van der Waals surface area contributed by atoms with Gasteiger partial charge in [-0.3, -0.25) is 4.79 Å². The summed E-state index contributed by atoms with van der Waals surface area (Å²) >= 11 is 0. The summed E-state index contributed by atoms with van der Waals surface area (Å²) in [6.07, 6.45) is -1.20. The van der Waals surface area contributed by atoms with E-state index in [0.717, 1.165) is 15.9 Å². The van der Waals surface area contributed by atoms with E-state index in [0.29, 0.717) is 12.2 Å². The predicted molar refractivity (Wildman–Crippen MR) is 168 cm³/mol. The molecule has 0 saturated carbocycles. The number of hydrogen-bond donors (Lipinski definition) is 2. The Labute approximate surface area is 245 Å². The number of carbonyl (C=O) groups excluding carboxylic acids is 1. The fraction of sp³-hybridized carbons (Fsp3) is 0.286. The molecule has 4 aromatic rings. The zero-order valence-electron chi connectivity index (χ0n) is 24.4. The van der Waals surface area contributed by atoms with Gasteiger partial charge in [0.25, 0.3) is 14.2 Å². The summed E-state index contributed by atoms with van der Waals surface area (Å²) in [6.45, 7) is 8.66. The Morgan fingerprint density at radius 2 is 1.24 bits per heavy atom. The van der Waals surface area contributed by atoms with Crippen molar-refractivity contribution in [3.63, 3.8) is 0 Å². The first-order valence-corrected chi connectivity index (χ1v) is 16.1. The van der Waals surface area contributed by atoms with E-state index >= 15 is 0 Å². The van der Waals surface area contributed by atoms with Gasteiger partial charge in [-0.1, -0.05) is 130 Å². The molecule has 2 N–H and O–H groups in total. The van der Waals surface area contributed by atoms with Gasteiger partial charge in [0, 0.05) is 5.56 Å². The lowest BCUT2D eigenvalue weighted by atomic mass is 10.1. The zero-order valence-corrected chi connectivity index (χ0v) is 25.4. The molecular formula is C35H41NO4Si. The number of aliphatic hydroxyl groups is 1. The first-order valence-electron chi connectivity index (χ1n) is 14.2. The quantitative estimate of drug-likeness (QED) is 0.227. The fourth-order valence-electron chi connectivity index (χ4n) is 5.43. The highest BCUT2D eigenvalue weighted by atomic mass is 28.4. The summed E-state index contributed by atoms with van der Waals surface area (Å²) in [4.78, 5) is 13.5. The van der Waals surface area contributed by atoms with Crippen LogP contribution in [0.4, 0.5) is 0 Å². The van der Waals surface area contributed by atoms with Crippen LogP contribution in [0.25, 0.3) is 0 Å². The lowest BCUT2D eigenvalue weighted by molar-refractivity contribution is -0.0422. The molecule has 214 valence electrons. The summed E-state index contributed by atoms with van der Waals surface area (Å²) in [7, 11) is -2.94. The minimum Gasteiger partial charge on any atom is -0.403 e. The van der Waals surface area contributed by atoms with Crippen molar-refractivity contribution in [3.05, 3.63) is 132 Å². The number of carbonyl (C=O) groups is 1. The van der Waals surface area contributed by atoms with Gasteiger partial charge in [-0.25, -0.2) is 0 Å². The van der Waals surface area contributed by atoms with Crippen LogP contribution in [0.15, 0.2) is 121 Å². The lowest BCUT2D eigenvalue weighted by Gasteiger charge is -2.46. The summed E-state index contributed by atoms with van der Waals surface area (Å²) in [5, 5.41) is 15.8. The minimum absolute atomic E-state index is 0.241. The molecule has 1 amide bonds. The Morgan fingerprint density at radius 3 is 1.71 bits per heavy atom. The number of aliphatic hydroxyl groups excluding tert-OH is 1. The van der Waals surface area contributed by atoms with Crippen molar-refractivity contribution in [2.24, 2.45) is 0 Å². The Balaban J connectivity index is 1.75. The highest BCUT2D eigenvalue weighted by Crippen LogP contribution is 2.38. The SMILES string of the molecule is C[C@H](O[Si](c1ccccc1)(c1ccccc1)C(C)(C)C)[C@@H](NC(=O)c1ccccc1)[C@@H](CO)OCc1ccccc1. The standard InChI is InChI=1S/C35H41NO4Si/c1-27(40-41(35(2,3)4,30-21-13-7-14-22-30)31-23-15-8-16-24-31)33(36-34(38)29-19-11-6-12-20-29)32(25-37)39-26-28-17-9-5-10-18-28/h5-24,27,32-33,37H,25-26H2,1-4H3,(H,36,38)/t27-,32+,33+/m0/s1. The largest absolute Gasteiger partial charge is 0.403 e. The van der Waals surface area contributed by atoms with Crippen LogP contribution in [0.3, 0.4) is 0 Å². The molecule has 0 aliphatic carbocycles. The summed E-state index contributed by atoms with van der Waals surface area (Å²) in [5.74, 6) is -0.241. The van der Waals surface area contributed by atoms with E-state index in [1.165, 1.54) is 0 Å². The fourth-order valence-corrected chi connectivity index (χ4v) is 10.1. The first-order chi connectivity index (χ1) is 19.8. The summed E-state index contributed by atoms with van der Waals surface area (Å²) in [5.41, 5.74) is 1.52. The molecule has 5 nitrogen and oxygen atoms in total. The Bertz CT molecular complexity index is 1310. The highest BCUT2D eigenvalue weighted by Gasteiger charge is 2.52. The molecule has 0 bridgehead atoms. The third-order valence-electron chi connectivity index (χ3n) is 7.51. The monoisotopic (exact) mass is 567 g/mol. The van der Waals surface area contributed by atoms with Crippen molar-refractivity contribution in [1.29, 1.82) is 0 Å². The molecule has 0 saturated heterocycles. The van der Waals surface area contributed by atoms with Crippen molar-refractivity contribution < 1.29 is 19.1 Å². The van der Waals surface area contributed by atoms with Gasteiger partial charge in [-0.05, 0) is 40.0 Å². The van der Waals surface area contributed by atoms with Crippen LogP contribution in [0.1, 0.15) is 43.6 Å². The Hall–Kier alpha value is -3.55. The van der Waals surface area contributed by atoms with E-state index in [9.17, 15) is 9.90 Å². The molecule has 4 rings (SSSR count). The van der Waals surface area contributed by atoms with Gasteiger partial charge in [-0.15, -0.1) is 0 Å². The average molecular weight is 568 g/mol. The molecule has 0 unspecified atom stereocenters. The van der Waals surface area contributed by atoms with E-state index in [4.69, 9.17) is 9.16 Å². The molecule has 4 aromatic carbocycles. The van der Waals surface area contributed by atoms with Crippen molar-refractivity contribution in [3.8, 4) is 0 Å². The van der Waals surface area contributed by atoms with Crippen LogP contribution in [0, 0.1) is 0 Å². The smallest absolute Gasteiger partial charge is 0.261 e. The maximum atomic E-state index is 13.5. The molecule has 0 aliphatic rings. The van der Waals surface area contributed by atoms with Gasteiger partial charge in [0.15, 0.2) is 0 Å². The molecule has 0 fully saturated rings. The molecule has 0 radical (unpaired) electrons. The van der Waals surface area contributed by atoms with Gasteiger partial charge in [0.05, 0.1) is 25.4 Å². The summed E-state index contributed by atoms with van der Waals surface area (Å²) < 4.78 is 13.6. The summed E-state index contributed by atoms with van der Waals surface area (Å²) in [6, 6.07) is 39.1. The Kier molecular flexibility index (Phi) is 10.3. The zero-order chi connectivity index (χ0) is 29.3. The van der Waals surface area contributed by atoms with Crippen LogP contribution in [0.5, 0.6) is 0 Å². The Morgan fingerprint density at radius 1 is 0.780 bits per heavy atom.